The fourth-order valence-corrected chi connectivity index (χ4v) is 1.84. The van der Waals surface area contributed by atoms with E-state index < -0.39 is 0 Å². The molecule has 0 radical (unpaired) electrons. The van der Waals surface area contributed by atoms with Crippen molar-refractivity contribution >= 4 is 0 Å². The van der Waals surface area contributed by atoms with E-state index in [-0.39, 0.29) is 12.1 Å². The highest BCUT2D eigenvalue weighted by molar-refractivity contribution is 4.91. The molecule has 1 fully saturated rings. The highest BCUT2D eigenvalue weighted by Gasteiger charge is 2.31. The van der Waals surface area contributed by atoms with Gasteiger partial charge in [0.15, 0.2) is 0 Å². The Labute approximate surface area is 72.8 Å². The highest BCUT2D eigenvalue weighted by atomic mass is 15.2. The molecule has 0 aromatic rings. The van der Waals surface area contributed by atoms with Crippen molar-refractivity contribution in [2.45, 2.75) is 45.2 Å². The molecule has 1 rings (SSSR count). The summed E-state index contributed by atoms with van der Waals surface area (Å²) >= 11 is 0. The Morgan fingerprint density at radius 1 is 1.58 bits per heavy atom. The normalized spacial score (nSPS) is 33.9. The minimum Gasteiger partial charge on any atom is -0.327 e. The van der Waals surface area contributed by atoms with Crippen LogP contribution in [-0.2, 0) is 0 Å². The van der Waals surface area contributed by atoms with Gasteiger partial charge in [-0.05, 0) is 30.2 Å². The second-order valence-electron chi connectivity index (χ2n) is 4.34. The summed E-state index contributed by atoms with van der Waals surface area (Å²) < 4.78 is 0. The molecule has 12 heavy (non-hydrogen) atoms. The van der Waals surface area contributed by atoms with E-state index in [1.165, 1.54) is 0 Å². The molecule has 0 saturated heterocycles. The lowest BCUT2D eigenvalue weighted by molar-refractivity contribution is 0.200. The molecular formula is C8H16N4. The molecule has 0 bridgehead atoms. The van der Waals surface area contributed by atoms with Crippen LogP contribution in [0.3, 0.4) is 0 Å². The first-order valence-corrected chi connectivity index (χ1v) is 4.35. The zero-order valence-electron chi connectivity index (χ0n) is 7.70. The lowest BCUT2D eigenvalue weighted by Crippen LogP contribution is -2.42. The third-order valence-corrected chi connectivity index (χ3v) is 2.60. The van der Waals surface area contributed by atoms with Crippen molar-refractivity contribution < 1.29 is 0 Å². The van der Waals surface area contributed by atoms with Crippen molar-refractivity contribution in [3.05, 3.63) is 10.4 Å². The summed E-state index contributed by atoms with van der Waals surface area (Å²) in [6.07, 6.45) is 2.99. The SMILES string of the molecule is CC1(C)CCC(N=[N+]=[N-])C(N)C1. The molecule has 2 atom stereocenters. The van der Waals surface area contributed by atoms with E-state index in [9.17, 15) is 0 Å². The minimum atomic E-state index is 0.0167. The standard InChI is InChI=1S/C8H16N4/c1-8(2)4-3-7(11-12-10)6(9)5-8/h6-7H,3-5,9H2,1-2H3. The number of hydrogen-bond donors (Lipinski definition) is 1. The molecule has 1 aliphatic carbocycles. The quantitative estimate of drug-likeness (QED) is 0.364. The van der Waals surface area contributed by atoms with Gasteiger partial charge in [-0.15, -0.1) is 0 Å². The summed E-state index contributed by atoms with van der Waals surface area (Å²) in [5, 5.41) is 3.69. The predicted molar refractivity (Wildman–Crippen MR) is 48.5 cm³/mol. The van der Waals surface area contributed by atoms with Crippen molar-refractivity contribution in [3.63, 3.8) is 0 Å². The molecule has 1 saturated carbocycles. The topological polar surface area (TPSA) is 74.8 Å². The Balaban J connectivity index is 2.59. The Bertz CT molecular complexity index is 205. The van der Waals surface area contributed by atoms with Crippen LogP contribution >= 0.6 is 0 Å². The van der Waals surface area contributed by atoms with Gasteiger partial charge in [0, 0.05) is 11.0 Å². The first-order valence-electron chi connectivity index (χ1n) is 4.35. The van der Waals surface area contributed by atoms with Crippen molar-refractivity contribution in [1.29, 1.82) is 0 Å². The van der Waals surface area contributed by atoms with E-state index >= 15 is 0 Å². The van der Waals surface area contributed by atoms with Gasteiger partial charge in [0.1, 0.15) is 0 Å². The van der Waals surface area contributed by atoms with Crippen LogP contribution in [0, 0.1) is 5.41 Å². The maximum atomic E-state index is 8.27. The summed E-state index contributed by atoms with van der Waals surface area (Å²) in [6.45, 7) is 4.42. The van der Waals surface area contributed by atoms with Crippen LogP contribution in [0.1, 0.15) is 33.1 Å². The van der Waals surface area contributed by atoms with Gasteiger partial charge >= 0.3 is 0 Å². The molecule has 0 aromatic heterocycles. The van der Waals surface area contributed by atoms with Crippen LogP contribution in [-0.4, -0.2) is 12.1 Å². The van der Waals surface area contributed by atoms with Crippen molar-refractivity contribution in [3.8, 4) is 0 Å². The lowest BCUT2D eigenvalue weighted by Gasteiger charge is -2.36. The molecule has 4 heteroatoms. The molecule has 0 aromatic carbocycles. The van der Waals surface area contributed by atoms with Gasteiger partial charge in [-0.3, -0.25) is 0 Å². The molecule has 1 aliphatic rings. The van der Waals surface area contributed by atoms with E-state index in [1.807, 2.05) is 0 Å². The average molecular weight is 168 g/mol. The van der Waals surface area contributed by atoms with Gasteiger partial charge in [-0.1, -0.05) is 19.0 Å². The zero-order valence-corrected chi connectivity index (χ0v) is 7.70. The van der Waals surface area contributed by atoms with Crippen molar-refractivity contribution in [2.75, 3.05) is 0 Å². The van der Waals surface area contributed by atoms with Crippen LogP contribution in [0.15, 0.2) is 5.11 Å². The summed E-state index contributed by atoms with van der Waals surface area (Å²) in [7, 11) is 0. The molecule has 2 N–H and O–H groups in total. The van der Waals surface area contributed by atoms with Crippen LogP contribution in [0.5, 0.6) is 0 Å². The third-order valence-electron chi connectivity index (χ3n) is 2.60. The zero-order chi connectivity index (χ0) is 9.19. The van der Waals surface area contributed by atoms with Gasteiger partial charge in [0.25, 0.3) is 0 Å². The minimum absolute atomic E-state index is 0.0167. The highest BCUT2D eigenvalue weighted by Crippen LogP contribution is 2.35. The van der Waals surface area contributed by atoms with E-state index in [2.05, 4.69) is 23.9 Å². The fraction of sp³-hybridized carbons (Fsp3) is 1.00. The molecule has 2 unspecified atom stereocenters. The number of azide groups is 1. The first-order chi connectivity index (χ1) is 5.55. The van der Waals surface area contributed by atoms with E-state index in [4.69, 9.17) is 11.3 Å². The van der Waals surface area contributed by atoms with Crippen molar-refractivity contribution in [2.24, 2.45) is 16.3 Å². The summed E-state index contributed by atoms with van der Waals surface area (Å²) in [6, 6.07) is 0.0627. The van der Waals surface area contributed by atoms with Crippen LogP contribution in [0.25, 0.3) is 10.4 Å². The van der Waals surface area contributed by atoms with Crippen LogP contribution in [0.4, 0.5) is 0 Å². The molecular weight excluding hydrogens is 152 g/mol. The maximum Gasteiger partial charge on any atom is 0.0525 e. The van der Waals surface area contributed by atoms with Crippen LogP contribution in [0.2, 0.25) is 0 Å². The average Bonchev–Trinajstić information content (AvgIpc) is 1.94. The number of nitrogens with zero attached hydrogens (tertiary/aromatic N) is 3. The number of hydrogen-bond acceptors (Lipinski definition) is 2. The second-order valence-corrected chi connectivity index (χ2v) is 4.34. The molecule has 0 amide bonds. The number of rotatable bonds is 1. The lowest BCUT2D eigenvalue weighted by atomic mass is 9.73. The Hall–Kier alpha value is -0.730. The second kappa shape index (κ2) is 3.33. The Morgan fingerprint density at radius 2 is 2.25 bits per heavy atom. The monoisotopic (exact) mass is 168 g/mol. The molecule has 0 aliphatic heterocycles. The Kier molecular flexibility index (Phi) is 2.60. The van der Waals surface area contributed by atoms with E-state index in [0.717, 1.165) is 19.3 Å². The Morgan fingerprint density at radius 3 is 2.75 bits per heavy atom. The number of nitrogens with two attached hydrogens (primary N) is 1. The largest absolute Gasteiger partial charge is 0.327 e. The van der Waals surface area contributed by atoms with E-state index in [0.29, 0.717) is 5.41 Å². The predicted octanol–water partition coefficient (Wildman–Crippen LogP) is 2.20. The van der Waals surface area contributed by atoms with Crippen molar-refractivity contribution in [1.82, 2.24) is 0 Å². The molecule has 4 nitrogen and oxygen atoms in total. The van der Waals surface area contributed by atoms with Gasteiger partial charge in [0.2, 0.25) is 0 Å². The third kappa shape index (κ3) is 2.13. The molecule has 0 heterocycles. The fourth-order valence-electron chi connectivity index (χ4n) is 1.84. The van der Waals surface area contributed by atoms with Gasteiger partial charge in [-0.2, -0.15) is 0 Å². The smallest absolute Gasteiger partial charge is 0.0525 e. The maximum absolute atomic E-state index is 8.27. The molecule has 68 valence electrons. The van der Waals surface area contributed by atoms with Gasteiger partial charge in [-0.25, -0.2) is 0 Å². The summed E-state index contributed by atoms with van der Waals surface area (Å²) in [5.74, 6) is 0. The van der Waals surface area contributed by atoms with E-state index in [1.54, 1.807) is 0 Å². The summed E-state index contributed by atoms with van der Waals surface area (Å²) in [4.78, 5) is 2.80. The summed E-state index contributed by atoms with van der Waals surface area (Å²) in [5.41, 5.74) is 14.5. The van der Waals surface area contributed by atoms with Gasteiger partial charge < -0.3 is 5.73 Å². The first kappa shape index (κ1) is 9.36. The van der Waals surface area contributed by atoms with Gasteiger partial charge in [0.05, 0.1) is 6.04 Å². The van der Waals surface area contributed by atoms with Crippen LogP contribution < -0.4 is 5.73 Å². The molecule has 0 spiro atoms.